The number of nitrogens with zero attached hydrogens (tertiary/aromatic N) is 1. The summed E-state index contributed by atoms with van der Waals surface area (Å²) < 4.78 is 31.5. The maximum Gasteiger partial charge on any atom is 0.337 e. The van der Waals surface area contributed by atoms with Crippen LogP contribution in [0, 0.1) is 0 Å². The van der Waals surface area contributed by atoms with Crippen LogP contribution in [0.2, 0.25) is 0 Å². The average Bonchev–Trinajstić information content (AvgIpc) is 2.90. The summed E-state index contributed by atoms with van der Waals surface area (Å²) >= 11 is 0. The van der Waals surface area contributed by atoms with Gasteiger partial charge in [-0.15, -0.1) is 0 Å². The Bertz CT molecular complexity index is 979. The van der Waals surface area contributed by atoms with Crippen LogP contribution in [0.3, 0.4) is 0 Å². The first kappa shape index (κ1) is 18.6. The van der Waals surface area contributed by atoms with Crippen LogP contribution in [0.5, 0.6) is 0 Å². The van der Waals surface area contributed by atoms with Crippen molar-refractivity contribution >= 4 is 33.5 Å². The zero-order valence-corrected chi connectivity index (χ0v) is 15.2. The lowest BCUT2D eigenvalue weighted by molar-refractivity contribution is 0.0598. The lowest BCUT2D eigenvalue weighted by Gasteiger charge is -2.14. The Morgan fingerprint density at radius 3 is 2.07 bits per heavy atom. The summed E-state index contributed by atoms with van der Waals surface area (Å²) in [6.07, 6.45) is 0. The minimum atomic E-state index is -3.81. The van der Waals surface area contributed by atoms with Crippen molar-refractivity contribution in [2.24, 2.45) is 0 Å². The van der Waals surface area contributed by atoms with Gasteiger partial charge < -0.3 is 4.74 Å². The first-order valence-corrected chi connectivity index (χ1v) is 9.62. The van der Waals surface area contributed by atoms with Crippen molar-refractivity contribution in [1.29, 1.82) is 0 Å². The quantitative estimate of drug-likeness (QED) is 0.593. The number of esters is 1. The van der Waals surface area contributed by atoms with Gasteiger partial charge in [0, 0.05) is 12.2 Å². The standard InChI is InChI=1S/C18H16N2O6S/c1-26-18(23)12-6-8-13(9-7-12)19-27(24,25)11-10-20-16(21)14-4-2-3-5-15(14)17(20)22/h2-9,19H,10-11H2,1H3. The molecule has 1 aliphatic heterocycles. The van der Waals surface area contributed by atoms with Crippen molar-refractivity contribution in [1.82, 2.24) is 4.90 Å². The van der Waals surface area contributed by atoms with Gasteiger partial charge in [0.15, 0.2) is 0 Å². The Balaban J connectivity index is 1.65. The number of carbonyl (C=O) groups excluding carboxylic acids is 3. The number of hydrogen-bond acceptors (Lipinski definition) is 6. The molecule has 2 amide bonds. The monoisotopic (exact) mass is 388 g/mol. The molecule has 1 heterocycles. The summed E-state index contributed by atoms with van der Waals surface area (Å²) in [4.78, 5) is 36.8. The number of rotatable bonds is 6. The maximum atomic E-state index is 12.3. The highest BCUT2D eigenvalue weighted by molar-refractivity contribution is 7.92. The molecule has 1 N–H and O–H groups in total. The molecule has 0 bridgehead atoms. The van der Waals surface area contributed by atoms with Crippen LogP contribution in [0.25, 0.3) is 0 Å². The molecule has 0 radical (unpaired) electrons. The van der Waals surface area contributed by atoms with Gasteiger partial charge in [-0.05, 0) is 36.4 Å². The van der Waals surface area contributed by atoms with Crippen LogP contribution in [0.1, 0.15) is 31.1 Å². The summed E-state index contributed by atoms with van der Waals surface area (Å²) in [5.41, 5.74) is 1.08. The molecule has 9 heteroatoms. The van der Waals surface area contributed by atoms with Crippen LogP contribution in [-0.2, 0) is 14.8 Å². The van der Waals surface area contributed by atoms with Crippen LogP contribution in [0.4, 0.5) is 5.69 Å². The first-order chi connectivity index (χ1) is 12.8. The molecule has 27 heavy (non-hydrogen) atoms. The molecule has 0 fully saturated rings. The van der Waals surface area contributed by atoms with Gasteiger partial charge in [0.2, 0.25) is 10.0 Å². The number of fused-ring (bicyclic) bond motifs is 1. The average molecular weight is 388 g/mol. The fraction of sp³-hybridized carbons (Fsp3) is 0.167. The van der Waals surface area contributed by atoms with Crippen molar-refractivity contribution in [3.05, 3.63) is 65.2 Å². The van der Waals surface area contributed by atoms with Gasteiger partial charge in [-0.3, -0.25) is 19.2 Å². The normalized spacial score (nSPS) is 13.4. The lowest BCUT2D eigenvalue weighted by Crippen LogP contribution is -2.35. The minimum absolute atomic E-state index is 0.255. The number of ether oxygens (including phenoxy) is 1. The molecule has 2 aromatic rings. The van der Waals surface area contributed by atoms with E-state index in [1.807, 2.05) is 0 Å². The summed E-state index contributed by atoms with van der Waals surface area (Å²) in [6.45, 7) is -0.262. The number of amides is 2. The fourth-order valence-electron chi connectivity index (χ4n) is 2.68. The van der Waals surface area contributed by atoms with E-state index in [4.69, 9.17) is 0 Å². The summed E-state index contributed by atoms with van der Waals surface area (Å²) in [6, 6.07) is 12.0. The number of methoxy groups -OCH3 is 1. The number of anilines is 1. The molecule has 0 saturated carbocycles. The number of carbonyl (C=O) groups is 3. The fourth-order valence-corrected chi connectivity index (χ4v) is 3.70. The summed E-state index contributed by atoms with van der Waals surface area (Å²) in [5.74, 6) is -1.99. The van der Waals surface area contributed by atoms with Crippen LogP contribution < -0.4 is 4.72 Å². The number of hydrogen-bond donors (Lipinski definition) is 1. The number of benzene rings is 2. The van der Waals surface area contributed by atoms with E-state index in [1.165, 1.54) is 43.5 Å². The van der Waals surface area contributed by atoms with E-state index in [0.29, 0.717) is 0 Å². The van der Waals surface area contributed by atoms with E-state index in [9.17, 15) is 22.8 Å². The molecule has 140 valence electrons. The molecular weight excluding hydrogens is 372 g/mol. The second kappa shape index (κ2) is 7.20. The molecule has 0 aromatic heterocycles. The molecule has 0 spiro atoms. The van der Waals surface area contributed by atoms with Crippen molar-refractivity contribution in [2.75, 3.05) is 24.1 Å². The Hall–Kier alpha value is -3.20. The Morgan fingerprint density at radius 1 is 1.00 bits per heavy atom. The van der Waals surface area contributed by atoms with Gasteiger partial charge in [0.05, 0.1) is 29.6 Å². The smallest absolute Gasteiger partial charge is 0.337 e. The van der Waals surface area contributed by atoms with E-state index in [1.54, 1.807) is 12.1 Å². The number of sulfonamides is 1. The van der Waals surface area contributed by atoms with Gasteiger partial charge in [0.25, 0.3) is 11.8 Å². The second-order valence-corrected chi connectivity index (χ2v) is 7.64. The van der Waals surface area contributed by atoms with Gasteiger partial charge in [-0.2, -0.15) is 0 Å². The third-order valence-electron chi connectivity index (χ3n) is 4.04. The second-order valence-electron chi connectivity index (χ2n) is 5.80. The van der Waals surface area contributed by atoms with E-state index < -0.39 is 33.6 Å². The highest BCUT2D eigenvalue weighted by atomic mass is 32.2. The zero-order valence-electron chi connectivity index (χ0n) is 14.3. The van der Waals surface area contributed by atoms with E-state index >= 15 is 0 Å². The molecular formula is C18H16N2O6S. The summed E-state index contributed by atoms with van der Waals surface area (Å²) in [5, 5.41) is 0. The van der Waals surface area contributed by atoms with Crippen LogP contribution in [-0.4, -0.2) is 50.5 Å². The van der Waals surface area contributed by atoms with Crippen molar-refractivity contribution in [2.45, 2.75) is 0 Å². The Labute approximate surface area is 155 Å². The summed E-state index contributed by atoms with van der Waals surface area (Å²) in [7, 11) is -2.56. The van der Waals surface area contributed by atoms with Gasteiger partial charge >= 0.3 is 5.97 Å². The first-order valence-electron chi connectivity index (χ1n) is 7.96. The predicted octanol–water partition coefficient (Wildman–Crippen LogP) is 1.51. The Kier molecular flexibility index (Phi) is 4.95. The van der Waals surface area contributed by atoms with Gasteiger partial charge in [0.1, 0.15) is 0 Å². The number of imide groups is 1. The van der Waals surface area contributed by atoms with Crippen molar-refractivity contribution in [3.8, 4) is 0 Å². The molecule has 1 aliphatic rings. The molecule has 0 saturated heterocycles. The van der Waals surface area contributed by atoms with E-state index in [-0.39, 0.29) is 28.9 Å². The largest absolute Gasteiger partial charge is 0.465 e. The highest BCUT2D eigenvalue weighted by Crippen LogP contribution is 2.22. The zero-order chi connectivity index (χ0) is 19.6. The maximum absolute atomic E-state index is 12.3. The minimum Gasteiger partial charge on any atom is -0.465 e. The van der Waals surface area contributed by atoms with Crippen molar-refractivity contribution < 1.29 is 27.5 Å². The van der Waals surface area contributed by atoms with Crippen LogP contribution >= 0.6 is 0 Å². The molecule has 2 aromatic carbocycles. The molecule has 0 aliphatic carbocycles. The highest BCUT2D eigenvalue weighted by Gasteiger charge is 2.35. The predicted molar refractivity (Wildman–Crippen MR) is 97.0 cm³/mol. The van der Waals surface area contributed by atoms with E-state index in [2.05, 4.69) is 9.46 Å². The van der Waals surface area contributed by atoms with Gasteiger partial charge in [-0.1, -0.05) is 12.1 Å². The molecule has 0 atom stereocenters. The van der Waals surface area contributed by atoms with E-state index in [0.717, 1.165) is 4.90 Å². The lowest BCUT2D eigenvalue weighted by atomic mass is 10.1. The topological polar surface area (TPSA) is 110 Å². The third kappa shape index (κ3) is 3.82. The molecule has 0 unspecified atom stereocenters. The number of nitrogens with one attached hydrogen (secondary N) is 1. The SMILES string of the molecule is COC(=O)c1ccc(NS(=O)(=O)CCN2C(=O)c3ccccc3C2=O)cc1. The third-order valence-corrected chi connectivity index (χ3v) is 5.31. The molecule has 3 rings (SSSR count). The van der Waals surface area contributed by atoms with Gasteiger partial charge in [-0.25, -0.2) is 13.2 Å². The van der Waals surface area contributed by atoms with Crippen LogP contribution in [0.15, 0.2) is 48.5 Å². The Morgan fingerprint density at radius 2 is 1.56 bits per heavy atom. The van der Waals surface area contributed by atoms with Crippen molar-refractivity contribution in [3.63, 3.8) is 0 Å². The molecule has 8 nitrogen and oxygen atoms in total.